The minimum atomic E-state index is -0.409. The summed E-state index contributed by atoms with van der Waals surface area (Å²) in [6.07, 6.45) is 0.421. The van der Waals surface area contributed by atoms with Crippen LogP contribution in [0.4, 0.5) is 0 Å². The number of carbonyl (C=O) groups is 1. The fourth-order valence-corrected chi connectivity index (χ4v) is 2.63. The highest BCUT2D eigenvalue weighted by molar-refractivity contribution is 6.48. The molecule has 1 aromatic rings. The quantitative estimate of drug-likeness (QED) is 0.772. The smallest absolute Gasteiger partial charge is 0.403 e. The summed E-state index contributed by atoms with van der Waals surface area (Å²) in [5.74, 6) is 0.130. The van der Waals surface area contributed by atoms with E-state index < -0.39 is 18.3 Å². The molecule has 0 N–H and O–H groups in total. The van der Waals surface area contributed by atoms with Crippen molar-refractivity contribution >= 4 is 12.9 Å². The summed E-state index contributed by atoms with van der Waals surface area (Å²) in [7, 11) is -0.409. The van der Waals surface area contributed by atoms with Crippen LogP contribution in [0, 0.1) is 5.41 Å². The van der Waals surface area contributed by atoms with E-state index in [1.54, 1.807) is 0 Å². The molecule has 1 saturated heterocycles. The van der Waals surface area contributed by atoms with E-state index in [1.165, 1.54) is 0 Å². The van der Waals surface area contributed by atoms with Gasteiger partial charge in [0.25, 0.3) is 0 Å². The molecule has 1 aromatic carbocycles. The molecule has 0 radical (unpaired) electrons. The van der Waals surface area contributed by atoms with Gasteiger partial charge in [-0.15, -0.1) is 0 Å². The largest absolute Gasteiger partial charge is 0.466 e. The van der Waals surface area contributed by atoms with Gasteiger partial charge in [0.15, 0.2) is 0 Å². The average Bonchev–Trinajstić information content (AvgIpc) is 2.64. The molecule has 0 bridgehead atoms. The third-order valence-corrected chi connectivity index (χ3v) is 5.07. The monoisotopic (exact) mass is 316 g/mol. The summed E-state index contributed by atoms with van der Waals surface area (Å²) < 4.78 is 12.4. The molecule has 0 aliphatic carbocycles. The average molecular weight is 316 g/mol. The number of rotatable bonds is 4. The van der Waals surface area contributed by atoms with E-state index in [0.717, 1.165) is 5.56 Å². The van der Waals surface area contributed by atoms with E-state index >= 15 is 0 Å². The van der Waals surface area contributed by atoms with Gasteiger partial charge in [0, 0.05) is 17.7 Å². The Morgan fingerprint density at radius 2 is 1.52 bits per heavy atom. The summed E-state index contributed by atoms with van der Waals surface area (Å²) in [5, 5.41) is 0. The first-order valence-electron chi connectivity index (χ1n) is 8.38. The van der Waals surface area contributed by atoms with Gasteiger partial charge in [0.2, 0.25) is 0 Å². The number of carbonyl (C=O) groups excluding carboxylic acids is 1. The van der Waals surface area contributed by atoms with E-state index in [9.17, 15) is 4.79 Å². The predicted octanol–water partition coefficient (Wildman–Crippen LogP) is 4.41. The molecule has 2 rings (SSSR count). The van der Waals surface area contributed by atoms with Gasteiger partial charge in [-0.25, -0.2) is 0 Å². The SMILES string of the molecule is CC(C)(C)C(=O)C[C@H](B1OC(C)(C)C(C)(C)O1)c1ccccc1. The van der Waals surface area contributed by atoms with Crippen molar-refractivity contribution in [1.29, 1.82) is 0 Å². The second kappa shape index (κ2) is 6.06. The lowest BCUT2D eigenvalue weighted by atomic mass is 9.64. The minimum Gasteiger partial charge on any atom is -0.403 e. The molecule has 0 amide bonds. The molecule has 4 heteroatoms. The van der Waals surface area contributed by atoms with Crippen molar-refractivity contribution < 1.29 is 14.1 Å². The Morgan fingerprint density at radius 3 is 1.96 bits per heavy atom. The summed E-state index contributed by atoms with van der Waals surface area (Å²) >= 11 is 0. The molecule has 23 heavy (non-hydrogen) atoms. The van der Waals surface area contributed by atoms with Crippen LogP contribution in [0.3, 0.4) is 0 Å². The first kappa shape index (κ1) is 18.2. The van der Waals surface area contributed by atoms with E-state index in [0.29, 0.717) is 6.42 Å². The van der Waals surface area contributed by atoms with Crippen molar-refractivity contribution in [2.24, 2.45) is 5.41 Å². The fraction of sp³-hybridized carbons (Fsp3) is 0.632. The molecule has 126 valence electrons. The summed E-state index contributed by atoms with van der Waals surface area (Å²) in [4.78, 5) is 12.6. The maximum absolute atomic E-state index is 12.6. The molecule has 1 aliphatic rings. The Kier molecular flexibility index (Phi) is 4.80. The van der Waals surface area contributed by atoms with Gasteiger partial charge in [0.1, 0.15) is 5.78 Å². The van der Waals surface area contributed by atoms with Crippen LogP contribution < -0.4 is 0 Å². The zero-order valence-electron chi connectivity index (χ0n) is 15.5. The third-order valence-electron chi connectivity index (χ3n) is 5.07. The zero-order valence-corrected chi connectivity index (χ0v) is 15.5. The van der Waals surface area contributed by atoms with Crippen LogP contribution in [0.15, 0.2) is 30.3 Å². The van der Waals surface area contributed by atoms with Crippen molar-refractivity contribution in [3.63, 3.8) is 0 Å². The van der Waals surface area contributed by atoms with Gasteiger partial charge in [0.05, 0.1) is 11.2 Å². The third kappa shape index (κ3) is 3.86. The molecule has 0 saturated carbocycles. The molecule has 3 nitrogen and oxygen atoms in total. The minimum absolute atomic E-state index is 0.0935. The van der Waals surface area contributed by atoms with Crippen molar-refractivity contribution in [3.8, 4) is 0 Å². The molecule has 0 spiro atoms. The van der Waals surface area contributed by atoms with Crippen LogP contribution in [0.25, 0.3) is 0 Å². The van der Waals surface area contributed by atoms with Crippen LogP contribution in [0.5, 0.6) is 0 Å². The first-order chi connectivity index (χ1) is 10.4. The van der Waals surface area contributed by atoms with Crippen LogP contribution in [-0.2, 0) is 14.1 Å². The highest BCUT2D eigenvalue weighted by Gasteiger charge is 2.54. The zero-order chi connectivity index (χ0) is 17.5. The highest BCUT2D eigenvalue weighted by atomic mass is 16.7. The molecule has 0 aromatic heterocycles. The van der Waals surface area contributed by atoms with E-state index in [4.69, 9.17) is 9.31 Å². The Hall–Kier alpha value is -1.13. The van der Waals surface area contributed by atoms with Crippen LogP contribution >= 0.6 is 0 Å². The van der Waals surface area contributed by atoms with Gasteiger partial charge in [-0.1, -0.05) is 51.1 Å². The normalized spacial score (nSPS) is 21.3. The predicted molar refractivity (Wildman–Crippen MR) is 94.3 cm³/mol. The van der Waals surface area contributed by atoms with Crippen LogP contribution in [0.2, 0.25) is 0 Å². The standard InChI is InChI=1S/C19H29BO3/c1-17(2,3)16(21)13-15(14-11-9-8-10-12-14)20-22-18(4,5)19(6,7)23-20/h8-12,15H,13H2,1-7H3/t15-/m0/s1. The van der Waals surface area contributed by atoms with Gasteiger partial charge < -0.3 is 9.31 Å². The van der Waals surface area contributed by atoms with E-state index in [1.807, 2.05) is 78.8 Å². The molecule has 1 aliphatic heterocycles. The molecule has 1 atom stereocenters. The van der Waals surface area contributed by atoms with Gasteiger partial charge in [-0.3, -0.25) is 4.79 Å². The van der Waals surface area contributed by atoms with E-state index in [-0.39, 0.29) is 17.0 Å². The number of ketones is 1. The van der Waals surface area contributed by atoms with Gasteiger partial charge >= 0.3 is 7.12 Å². The highest BCUT2D eigenvalue weighted by Crippen LogP contribution is 2.42. The fourth-order valence-electron chi connectivity index (χ4n) is 2.63. The molecule has 1 fully saturated rings. The Bertz CT molecular complexity index is 542. The Balaban J connectivity index is 2.31. The molecular weight excluding hydrogens is 287 g/mol. The lowest BCUT2D eigenvalue weighted by molar-refractivity contribution is -0.126. The maximum atomic E-state index is 12.6. The summed E-state index contributed by atoms with van der Waals surface area (Å²) in [6.45, 7) is 14.0. The number of benzene rings is 1. The van der Waals surface area contributed by atoms with Crippen LogP contribution in [-0.4, -0.2) is 24.1 Å². The summed E-state index contributed by atoms with van der Waals surface area (Å²) in [5.41, 5.74) is -0.0645. The molecule has 1 heterocycles. The number of Topliss-reactive ketones (excluding diaryl/α,β-unsaturated/α-hetero) is 1. The van der Waals surface area contributed by atoms with Crippen LogP contribution in [0.1, 0.15) is 66.3 Å². The van der Waals surface area contributed by atoms with Crippen molar-refractivity contribution in [1.82, 2.24) is 0 Å². The second-order valence-electron chi connectivity index (χ2n) is 8.52. The topological polar surface area (TPSA) is 35.5 Å². The lowest BCUT2D eigenvalue weighted by Gasteiger charge is -2.32. The van der Waals surface area contributed by atoms with Crippen molar-refractivity contribution in [2.45, 2.75) is 71.9 Å². The van der Waals surface area contributed by atoms with E-state index in [2.05, 4.69) is 0 Å². The molecule has 0 unspecified atom stereocenters. The second-order valence-corrected chi connectivity index (χ2v) is 8.52. The maximum Gasteiger partial charge on any atom is 0.466 e. The Morgan fingerprint density at radius 1 is 1.04 bits per heavy atom. The first-order valence-corrected chi connectivity index (χ1v) is 8.38. The number of hydrogen-bond donors (Lipinski definition) is 0. The lowest BCUT2D eigenvalue weighted by Crippen LogP contribution is -2.41. The van der Waals surface area contributed by atoms with Crippen molar-refractivity contribution in [2.75, 3.05) is 0 Å². The summed E-state index contributed by atoms with van der Waals surface area (Å²) in [6, 6.07) is 10.1. The van der Waals surface area contributed by atoms with Gasteiger partial charge in [-0.2, -0.15) is 0 Å². The number of hydrogen-bond acceptors (Lipinski definition) is 3. The Labute approximate surface area is 140 Å². The van der Waals surface area contributed by atoms with Gasteiger partial charge in [-0.05, 0) is 33.3 Å². The molecular formula is C19H29BO3. The van der Waals surface area contributed by atoms with Crippen molar-refractivity contribution in [3.05, 3.63) is 35.9 Å².